The summed E-state index contributed by atoms with van der Waals surface area (Å²) in [6.07, 6.45) is 9.16. The highest BCUT2D eigenvalue weighted by atomic mass is 16.5. The van der Waals surface area contributed by atoms with Crippen molar-refractivity contribution in [2.45, 2.75) is 44.6 Å². The van der Waals surface area contributed by atoms with Gasteiger partial charge in [-0.3, -0.25) is 4.90 Å². The lowest BCUT2D eigenvalue weighted by molar-refractivity contribution is -0.0930. The average molecular weight is 264 g/mol. The molecule has 1 unspecified atom stereocenters. The first kappa shape index (κ1) is 12.6. The first-order chi connectivity index (χ1) is 9.26. The SMILES string of the molecule is NCC1COCCN1CC12CC3CC(CC(C3)C1)C2. The minimum absolute atomic E-state index is 0.474. The summed E-state index contributed by atoms with van der Waals surface area (Å²) < 4.78 is 5.60. The highest BCUT2D eigenvalue weighted by Crippen LogP contribution is 2.60. The van der Waals surface area contributed by atoms with Crippen molar-refractivity contribution in [2.24, 2.45) is 28.9 Å². The number of nitrogens with zero attached hydrogens (tertiary/aromatic N) is 1. The largest absolute Gasteiger partial charge is 0.378 e. The van der Waals surface area contributed by atoms with Gasteiger partial charge in [0, 0.05) is 25.7 Å². The molecule has 4 bridgehead atoms. The summed E-state index contributed by atoms with van der Waals surface area (Å²) in [6, 6.07) is 0.474. The summed E-state index contributed by atoms with van der Waals surface area (Å²) >= 11 is 0. The van der Waals surface area contributed by atoms with Gasteiger partial charge in [0.15, 0.2) is 0 Å². The fourth-order valence-corrected chi connectivity index (χ4v) is 6.03. The molecule has 0 aromatic heterocycles. The summed E-state index contributed by atoms with van der Waals surface area (Å²) in [7, 11) is 0. The summed E-state index contributed by atoms with van der Waals surface area (Å²) in [5.41, 5.74) is 6.59. The molecule has 4 aliphatic carbocycles. The minimum atomic E-state index is 0.474. The van der Waals surface area contributed by atoms with E-state index in [1.165, 1.54) is 25.8 Å². The van der Waals surface area contributed by atoms with Crippen LogP contribution < -0.4 is 5.73 Å². The predicted molar refractivity (Wildman–Crippen MR) is 75.8 cm³/mol. The summed E-state index contributed by atoms with van der Waals surface area (Å²) in [5.74, 6) is 3.18. The number of morpholine rings is 1. The molecule has 0 spiro atoms. The molecule has 0 radical (unpaired) electrons. The summed E-state index contributed by atoms with van der Waals surface area (Å²) in [6.45, 7) is 4.92. The van der Waals surface area contributed by atoms with Gasteiger partial charge in [-0.2, -0.15) is 0 Å². The molecule has 5 aliphatic rings. The maximum absolute atomic E-state index is 5.94. The van der Waals surface area contributed by atoms with Gasteiger partial charge in [0.1, 0.15) is 0 Å². The molecule has 5 rings (SSSR count). The van der Waals surface area contributed by atoms with E-state index in [9.17, 15) is 0 Å². The fourth-order valence-electron chi connectivity index (χ4n) is 6.03. The predicted octanol–water partition coefficient (Wildman–Crippen LogP) is 1.86. The number of rotatable bonds is 3. The monoisotopic (exact) mass is 264 g/mol. The van der Waals surface area contributed by atoms with E-state index >= 15 is 0 Å². The summed E-state index contributed by atoms with van der Waals surface area (Å²) in [4.78, 5) is 2.66. The van der Waals surface area contributed by atoms with Crippen LogP contribution in [0, 0.1) is 23.2 Å². The van der Waals surface area contributed by atoms with E-state index in [2.05, 4.69) is 4.90 Å². The van der Waals surface area contributed by atoms with E-state index in [0.29, 0.717) is 11.5 Å². The molecular formula is C16H28N2O. The van der Waals surface area contributed by atoms with Crippen LogP contribution in [0.1, 0.15) is 38.5 Å². The molecule has 1 aliphatic heterocycles. The van der Waals surface area contributed by atoms with Crippen LogP contribution in [0.25, 0.3) is 0 Å². The standard InChI is InChI=1S/C16H28N2O/c17-9-15-10-19-2-1-18(15)11-16-6-12-3-13(7-16)5-14(4-12)8-16/h12-15H,1-11,17H2. The van der Waals surface area contributed by atoms with Crippen molar-refractivity contribution in [3.8, 4) is 0 Å². The van der Waals surface area contributed by atoms with Gasteiger partial charge in [-0.05, 0) is 61.7 Å². The smallest absolute Gasteiger partial charge is 0.0634 e. The molecule has 0 aromatic rings. The molecule has 1 saturated heterocycles. The molecule has 19 heavy (non-hydrogen) atoms. The second kappa shape index (κ2) is 4.71. The Morgan fingerprint density at radius 3 is 2.26 bits per heavy atom. The molecule has 4 saturated carbocycles. The number of ether oxygens (including phenoxy) is 1. The Labute approximate surface area is 116 Å². The topological polar surface area (TPSA) is 38.5 Å². The van der Waals surface area contributed by atoms with Crippen molar-refractivity contribution in [1.82, 2.24) is 4.90 Å². The number of nitrogens with two attached hydrogens (primary N) is 1. The van der Waals surface area contributed by atoms with Crippen LogP contribution in [-0.2, 0) is 4.74 Å². The lowest BCUT2D eigenvalue weighted by atomic mass is 9.49. The zero-order valence-corrected chi connectivity index (χ0v) is 12.0. The van der Waals surface area contributed by atoms with Gasteiger partial charge >= 0.3 is 0 Å². The molecule has 1 heterocycles. The van der Waals surface area contributed by atoms with Crippen LogP contribution in [0.2, 0.25) is 0 Å². The lowest BCUT2D eigenvalue weighted by Crippen LogP contribution is -2.57. The van der Waals surface area contributed by atoms with Crippen LogP contribution in [0.5, 0.6) is 0 Å². The highest BCUT2D eigenvalue weighted by molar-refractivity contribution is 5.03. The Bertz CT molecular complexity index is 308. The van der Waals surface area contributed by atoms with E-state index in [1.54, 1.807) is 19.3 Å². The van der Waals surface area contributed by atoms with Crippen LogP contribution >= 0.6 is 0 Å². The van der Waals surface area contributed by atoms with Crippen molar-refractivity contribution in [1.29, 1.82) is 0 Å². The zero-order chi connectivity index (χ0) is 12.9. The number of hydrogen-bond acceptors (Lipinski definition) is 3. The van der Waals surface area contributed by atoms with Gasteiger partial charge in [0.05, 0.1) is 13.2 Å². The van der Waals surface area contributed by atoms with Crippen LogP contribution in [-0.4, -0.2) is 43.8 Å². The van der Waals surface area contributed by atoms with Crippen LogP contribution in [0.15, 0.2) is 0 Å². The van der Waals surface area contributed by atoms with E-state index in [0.717, 1.165) is 44.1 Å². The van der Waals surface area contributed by atoms with Gasteiger partial charge < -0.3 is 10.5 Å². The average Bonchev–Trinajstić information content (AvgIpc) is 2.37. The van der Waals surface area contributed by atoms with Crippen molar-refractivity contribution in [3.63, 3.8) is 0 Å². The minimum Gasteiger partial charge on any atom is -0.378 e. The molecule has 3 nitrogen and oxygen atoms in total. The molecule has 5 fully saturated rings. The first-order valence-electron chi connectivity index (χ1n) is 8.28. The third kappa shape index (κ3) is 2.24. The molecule has 108 valence electrons. The lowest BCUT2D eigenvalue weighted by Gasteiger charge is -2.58. The van der Waals surface area contributed by atoms with E-state index in [1.807, 2.05) is 0 Å². The van der Waals surface area contributed by atoms with Crippen molar-refractivity contribution < 1.29 is 4.74 Å². The van der Waals surface area contributed by atoms with Gasteiger partial charge in [0.2, 0.25) is 0 Å². The second-order valence-corrected chi connectivity index (χ2v) is 7.85. The van der Waals surface area contributed by atoms with Crippen molar-refractivity contribution in [3.05, 3.63) is 0 Å². The Morgan fingerprint density at radius 2 is 1.68 bits per heavy atom. The van der Waals surface area contributed by atoms with Gasteiger partial charge in [-0.15, -0.1) is 0 Å². The Balaban J connectivity index is 1.49. The summed E-state index contributed by atoms with van der Waals surface area (Å²) in [5, 5.41) is 0. The van der Waals surface area contributed by atoms with Crippen molar-refractivity contribution in [2.75, 3.05) is 32.8 Å². The van der Waals surface area contributed by atoms with E-state index in [-0.39, 0.29) is 0 Å². The Kier molecular flexibility index (Phi) is 3.13. The van der Waals surface area contributed by atoms with Crippen LogP contribution in [0.3, 0.4) is 0 Å². The normalized spacial score (nSPS) is 49.7. The Morgan fingerprint density at radius 1 is 1.05 bits per heavy atom. The third-order valence-electron chi connectivity index (χ3n) is 6.33. The van der Waals surface area contributed by atoms with Gasteiger partial charge in [0.25, 0.3) is 0 Å². The van der Waals surface area contributed by atoms with Crippen molar-refractivity contribution >= 4 is 0 Å². The molecule has 2 N–H and O–H groups in total. The molecule has 0 amide bonds. The molecule has 1 atom stereocenters. The first-order valence-corrected chi connectivity index (χ1v) is 8.28. The molecule has 3 heteroatoms. The maximum atomic E-state index is 5.94. The highest BCUT2D eigenvalue weighted by Gasteiger charge is 2.51. The van der Waals surface area contributed by atoms with Crippen LogP contribution in [0.4, 0.5) is 0 Å². The fraction of sp³-hybridized carbons (Fsp3) is 1.00. The quantitative estimate of drug-likeness (QED) is 0.845. The number of hydrogen-bond donors (Lipinski definition) is 1. The van der Waals surface area contributed by atoms with Gasteiger partial charge in [-0.25, -0.2) is 0 Å². The molecular weight excluding hydrogens is 236 g/mol. The third-order valence-corrected chi connectivity index (χ3v) is 6.33. The second-order valence-electron chi connectivity index (χ2n) is 7.85. The van der Waals surface area contributed by atoms with E-state index < -0.39 is 0 Å². The van der Waals surface area contributed by atoms with E-state index in [4.69, 9.17) is 10.5 Å². The Hall–Kier alpha value is -0.120. The maximum Gasteiger partial charge on any atom is 0.0634 e. The zero-order valence-electron chi connectivity index (χ0n) is 12.0. The van der Waals surface area contributed by atoms with Gasteiger partial charge in [-0.1, -0.05) is 0 Å². The molecule has 0 aromatic carbocycles.